The first-order chi connectivity index (χ1) is 10.5. The van der Waals surface area contributed by atoms with Gasteiger partial charge < -0.3 is 4.90 Å². The van der Waals surface area contributed by atoms with Crippen molar-refractivity contribution >= 4 is 23.2 Å². The van der Waals surface area contributed by atoms with E-state index in [-0.39, 0.29) is 0 Å². The van der Waals surface area contributed by atoms with Gasteiger partial charge in [-0.25, -0.2) is 0 Å². The minimum atomic E-state index is 0.653. The first-order valence-corrected chi connectivity index (χ1v) is 9.40. The molecule has 0 aliphatic heterocycles. The minimum absolute atomic E-state index is 0.653. The van der Waals surface area contributed by atoms with E-state index < -0.39 is 0 Å². The second-order valence-corrected chi connectivity index (χ2v) is 6.59. The third-order valence-electron chi connectivity index (χ3n) is 3.80. The summed E-state index contributed by atoms with van der Waals surface area (Å²) in [6.07, 6.45) is 11.8. The van der Waals surface area contributed by atoms with Crippen LogP contribution in [0.5, 0.6) is 0 Å². The average Bonchev–Trinajstić information content (AvgIpc) is 2.51. The molecule has 22 heavy (non-hydrogen) atoms. The average molecular weight is 346 g/mol. The molecule has 0 aliphatic rings. The summed E-state index contributed by atoms with van der Waals surface area (Å²) in [5.74, 6) is 0.789. The molecule has 0 fully saturated rings. The molecule has 0 amide bonds. The van der Waals surface area contributed by atoms with Crippen molar-refractivity contribution < 1.29 is 0 Å². The van der Waals surface area contributed by atoms with Crippen molar-refractivity contribution in [2.75, 3.05) is 13.1 Å². The first-order valence-electron chi connectivity index (χ1n) is 8.65. The van der Waals surface area contributed by atoms with Crippen LogP contribution >= 0.6 is 23.2 Å². The van der Waals surface area contributed by atoms with Gasteiger partial charge in [0.1, 0.15) is 0 Å². The van der Waals surface area contributed by atoms with Crippen LogP contribution in [0.3, 0.4) is 0 Å². The van der Waals surface area contributed by atoms with Gasteiger partial charge in [0.25, 0.3) is 0 Å². The molecule has 0 aromatic carbocycles. The number of nitrogens with zero attached hydrogens (tertiary/aromatic N) is 1. The van der Waals surface area contributed by atoms with Gasteiger partial charge in [0.05, 0.1) is 15.8 Å². The van der Waals surface area contributed by atoms with E-state index in [1.807, 2.05) is 19.1 Å². The molecule has 0 aliphatic carbocycles. The zero-order valence-corrected chi connectivity index (χ0v) is 16.5. The molecule has 1 nitrogen and oxygen atoms in total. The Bertz CT molecular complexity index is 383. The van der Waals surface area contributed by atoms with E-state index in [0.717, 1.165) is 37.5 Å². The number of rotatable bonds is 11. The van der Waals surface area contributed by atoms with Crippen molar-refractivity contribution in [3.05, 3.63) is 34.0 Å². The van der Waals surface area contributed by atoms with Crippen molar-refractivity contribution in [3.8, 4) is 0 Å². The molecule has 0 aromatic heterocycles. The van der Waals surface area contributed by atoms with E-state index in [1.165, 1.54) is 19.3 Å². The lowest BCUT2D eigenvalue weighted by Gasteiger charge is -2.27. The quantitative estimate of drug-likeness (QED) is 0.361. The lowest BCUT2D eigenvalue weighted by atomic mass is 10.0. The zero-order chi connectivity index (χ0) is 17.0. The Hall–Kier alpha value is -0.400. The predicted octanol–water partition coefficient (Wildman–Crippen LogP) is 7.08. The molecular weight excluding hydrogens is 313 g/mol. The molecule has 3 heteroatoms. The molecule has 0 spiro atoms. The molecule has 1 atom stereocenters. The highest BCUT2D eigenvalue weighted by Gasteiger charge is 2.13. The maximum atomic E-state index is 6.54. The van der Waals surface area contributed by atoms with Gasteiger partial charge in [0.2, 0.25) is 0 Å². The van der Waals surface area contributed by atoms with Crippen LogP contribution in [-0.2, 0) is 0 Å². The van der Waals surface area contributed by atoms with Crippen molar-refractivity contribution in [1.29, 1.82) is 0 Å². The summed E-state index contributed by atoms with van der Waals surface area (Å²) < 4.78 is 0. The van der Waals surface area contributed by atoms with Crippen LogP contribution < -0.4 is 0 Å². The fourth-order valence-electron chi connectivity index (χ4n) is 2.32. The van der Waals surface area contributed by atoms with Gasteiger partial charge in [-0.15, -0.1) is 0 Å². The Labute approximate surface area is 148 Å². The number of halogens is 2. The van der Waals surface area contributed by atoms with E-state index in [0.29, 0.717) is 10.1 Å². The number of allylic oxidation sites excluding steroid dienone is 5. The van der Waals surface area contributed by atoms with Crippen molar-refractivity contribution in [2.24, 2.45) is 5.92 Å². The topological polar surface area (TPSA) is 3.24 Å². The summed E-state index contributed by atoms with van der Waals surface area (Å²) in [5.41, 5.74) is 1.05. The van der Waals surface area contributed by atoms with Gasteiger partial charge in [-0.05, 0) is 44.6 Å². The minimum Gasteiger partial charge on any atom is -0.370 e. The van der Waals surface area contributed by atoms with Crippen LogP contribution in [0.1, 0.15) is 66.7 Å². The lowest BCUT2D eigenvalue weighted by Crippen LogP contribution is -2.25. The second kappa shape index (κ2) is 13.1. The molecule has 0 radical (unpaired) electrons. The summed E-state index contributed by atoms with van der Waals surface area (Å²) >= 11 is 12.9. The molecule has 128 valence electrons. The highest BCUT2D eigenvalue weighted by Crippen LogP contribution is 2.27. The molecule has 0 saturated heterocycles. The van der Waals surface area contributed by atoms with E-state index in [1.54, 1.807) is 0 Å². The monoisotopic (exact) mass is 345 g/mol. The standard InChI is InChI=1S/C19H33Cl2N/c1-6-11-17(20)19(21)18(12-7-2)22(14-8-3)15-10-13-16(5)9-4/h7,11-12,16H,6,8-10,13-15H2,1-5H3/b12-7-,17-11-,19-18-. The zero-order valence-electron chi connectivity index (χ0n) is 15.0. The van der Waals surface area contributed by atoms with E-state index >= 15 is 0 Å². The van der Waals surface area contributed by atoms with Gasteiger partial charge in [0, 0.05) is 13.1 Å². The van der Waals surface area contributed by atoms with Gasteiger partial charge in [0.15, 0.2) is 0 Å². The van der Waals surface area contributed by atoms with Crippen molar-refractivity contribution in [1.82, 2.24) is 4.90 Å². The van der Waals surface area contributed by atoms with Crippen LogP contribution in [0.2, 0.25) is 0 Å². The van der Waals surface area contributed by atoms with E-state index in [4.69, 9.17) is 23.2 Å². The van der Waals surface area contributed by atoms with Crippen LogP contribution in [0.25, 0.3) is 0 Å². The summed E-state index contributed by atoms with van der Waals surface area (Å²) in [6.45, 7) is 12.9. The predicted molar refractivity (Wildman–Crippen MR) is 102 cm³/mol. The molecule has 0 aromatic rings. The highest BCUT2D eigenvalue weighted by atomic mass is 35.5. The van der Waals surface area contributed by atoms with Crippen molar-refractivity contribution in [3.63, 3.8) is 0 Å². The third kappa shape index (κ3) is 8.29. The molecule has 1 unspecified atom stereocenters. The summed E-state index contributed by atoms with van der Waals surface area (Å²) in [6, 6.07) is 0. The van der Waals surface area contributed by atoms with Gasteiger partial charge in [-0.3, -0.25) is 0 Å². The fraction of sp³-hybridized carbons (Fsp3) is 0.684. The normalized spacial score (nSPS) is 15.1. The molecule has 0 heterocycles. The molecule has 0 rings (SSSR count). The largest absolute Gasteiger partial charge is 0.370 e. The first kappa shape index (κ1) is 21.6. The Morgan fingerprint density at radius 3 is 2.32 bits per heavy atom. The molecular formula is C19H33Cl2N. The summed E-state index contributed by atoms with van der Waals surface area (Å²) in [4.78, 5) is 2.37. The number of hydrogen-bond acceptors (Lipinski definition) is 1. The third-order valence-corrected chi connectivity index (χ3v) is 4.64. The second-order valence-electron chi connectivity index (χ2n) is 5.80. The van der Waals surface area contributed by atoms with Gasteiger partial charge in [-0.1, -0.05) is 69.5 Å². The van der Waals surface area contributed by atoms with E-state index in [2.05, 4.69) is 38.7 Å². The Morgan fingerprint density at radius 1 is 1.14 bits per heavy atom. The van der Waals surface area contributed by atoms with Crippen LogP contribution in [0.15, 0.2) is 34.0 Å². The lowest BCUT2D eigenvalue weighted by molar-refractivity contribution is 0.330. The smallest absolute Gasteiger partial charge is 0.0822 e. The number of hydrogen-bond donors (Lipinski definition) is 0. The van der Waals surface area contributed by atoms with Gasteiger partial charge in [-0.2, -0.15) is 0 Å². The maximum Gasteiger partial charge on any atom is 0.0822 e. The Kier molecular flexibility index (Phi) is 12.8. The fourth-order valence-corrected chi connectivity index (χ4v) is 2.83. The Morgan fingerprint density at radius 2 is 1.82 bits per heavy atom. The maximum absolute atomic E-state index is 6.54. The highest BCUT2D eigenvalue weighted by molar-refractivity contribution is 6.44. The van der Waals surface area contributed by atoms with E-state index in [9.17, 15) is 0 Å². The molecule has 0 N–H and O–H groups in total. The van der Waals surface area contributed by atoms with Gasteiger partial charge >= 0.3 is 0 Å². The van der Waals surface area contributed by atoms with Crippen LogP contribution in [0.4, 0.5) is 0 Å². The van der Waals surface area contributed by atoms with Crippen molar-refractivity contribution in [2.45, 2.75) is 66.7 Å². The summed E-state index contributed by atoms with van der Waals surface area (Å²) in [7, 11) is 0. The molecule has 0 bridgehead atoms. The summed E-state index contributed by atoms with van der Waals surface area (Å²) in [5, 5.41) is 1.32. The van der Waals surface area contributed by atoms with Crippen LogP contribution in [0, 0.1) is 5.92 Å². The van der Waals surface area contributed by atoms with Crippen LogP contribution in [-0.4, -0.2) is 18.0 Å². The SMILES string of the molecule is C\C=C/C(=C(Cl)\C(Cl)=C\CC)N(CCC)CCCC(C)CC. The molecule has 0 saturated carbocycles. The Balaban J connectivity index is 5.17.